The number of likely N-dealkylation sites (N-methyl/N-ethyl adjacent to an activating group) is 1. The van der Waals surface area contributed by atoms with E-state index in [4.69, 9.17) is 11.6 Å². The van der Waals surface area contributed by atoms with Crippen molar-refractivity contribution in [2.24, 2.45) is 5.10 Å². The number of nitrogens with zero attached hydrogens (tertiary/aromatic N) is 3. The zero-order valence-corrected chi connectivity index (χ0v) is 21.3. The third-order valence-corrected chi connectivity index (χ3v) is 7.64. The van der Waals surface area contributed by atoms with Gasteiger partial charge in [0.2, 0.25) is 0 Å². The minimum absolute atomic E-state index is 0.0578. The van der Waals surface area contributed by atoms with Crippen molar-refractivity contribution in [1.29, 1.82) is 0 Å². The number of hydrogen-bond donors (Lipinski definition) is 2. The van der Waals surface area contributed by atoms with Crippen LogP contribution in [0.15, 0.2) is 88.5 Å². The fraction of sp³-hybridized carbons (Fsp3) is 0.160. The van der Waals surface area contributed by atoms with Gasteiger partial charge in [-0.05, 0) is 54.1 Å². The minimum Gasteiger partial charge on any atom is -0.347 e. The van der Waals surface area contributed by atoms with Crippen LogP contribution in [0.25, 0.3) is 0 Å². The zero-order valence-electron chi connectivity index (χ0n) is 19.8. The summed E-state index contributed by atoms with van der Waals surface area (Å²) >= 11 is 5.83. The summed E-state index contributed by atoms with van der Waals surface area (Å²) < 4.78 is 27.9. The molecule has 0 aromatic heterocycles. The van der Waals surface area contributed by atoms with Gasteiger partial charge >= 0.3 is 0 Å². The Balaban J connectivity index is 1.54. The second kappa shape index (κ2) is 9.63. The third kappa shape index (κ3) is 4.91. The molecular formula is C25H24ClN5O4S. The number of fused-ring (bicyclic) bond motifs is 1. The Morgan fingerprint density at radius 2 is 1.78 bits per heavy atom. The highest BCUT2D eigenvalue weighted by molar-refractivity contribution is 7.92. The van der Waals surface area contributed by atoms with Crippen molar-refractivity contribution in [3.63, 3.8) is 0 Å². The van der Waals surface area contributed by atoms with Gasteiger partial charge in [0.15, 0.2) is 0 Å². The first kappa shape index (κ1) is 25.2. The first-order chi connectivity index (χ1) is 17.0. The van der Waals surface area contributed by atoms with E-state index in [1.54, 1.807) is 0 Å². The Morgan fingerprint density at radius 3 is 2.44 bits per heavy atom. The van der Waals surface area contributed by atoms with Crippen LogP contribution in [0.3, 0.4) is 0 Å². The SMILES string of the molecule is CN1/C(=C/C=N/Nc2ccc(S(=O)(=O)Nc3ccc(Cl)cc3)cc2[N+](=O)[O-])C(C)(C)c2ccccc21. The number of sulfonamides is 1. The van der Waals surface area contributed by atoms with Crippen molar-refractivity contribution in [3.05, 3.63) is 99.2 Å². The molecule has 0 amide bonds. The van der Waals surface area contributed by atoms with E-state index < -0.39 is 20.6 Å². The van der Waals surface area contributed by atoms with Crippen molar-refractivity contribution in [2.45, 2.75) is 24.2 Å². The number of rotatable bonds is 7. The molecule has 4 rings (SSSR count). The zero-order chi connectivity index (χ0) is 26.1. The molecule has 0 saturated heterocycles. The molecule has 0 bridgehead atoms. The van der Waals surface area contributed by atoms with E-state index in [-0.39, 0.29) is 21.7 Å². The number of anilines is 3. The van der Waals surface area contributed by atoms with Crippen LogP contribution < -0.4 is 15.0 Å². The van der Waals surface area contributed by atoms with Gasteiger partial charge in [-0.15, -0.1) is 0 Å². The standard InChI is InChI=1S/C25H24ClN5O4S/c1-25(2)20-6-4-5-7-22(20)30(3)24(25)14-15-27-28-21-13-12-19(16-23(21)31(32)33)36(34,35)29-18-10-8-17(26)9-11-18/h4-16,28-29H,1-3H3/b24-14+,27-15+. The van der Waals surface area contributed by atoms with Gasteiger partial charge in [-0.3, -0.25) is 20.3 Å². The van der Waals surface area contributed by atoms with Crippen LogP contribution in [0.4, 0.5) is 22.7 Å². The van der Waals surface area contributed by atoms with Crippen molar-refractivity contribution in [1.82, 2.24) is 0 Å². The Bertz CT molecular complexity index is 1480. The van der Waals surface area contributed by atoms with E-state index >= 15 is 0 Å². The fourth-order valence-electron chi connectivity index (χ4n) is 4.17. The second-order valence-corrected chi connectivity index (χ2v) is 10.8. The van der Waals surface area contributed by atoms with Crippen LogP contribution in [0.1, 0.15) is 19.4 Å². The number of allylic oxidation sites excluding steroid dienone is 2. The maximum Gasteiger partial charge on any atom is 0.295 e. The van der Waals surface area contributed by atoms with E-state index in [0.717, 1.165) is 17.5 Å². The molecule has 0 unspecified atom stereocenters. The van der Waals surface area contributed by atoms with Crippen LogP contribution in [0.2, 0.25) is 5.02 Å². The van der Waals surface area contributed by atoms with E-state index in [1.165, 1.54) is 48.2 Å². The van der Waals surface area contributed by atoms with Crippen LogP contribution in [-0.2, 0) is 15.4 Å². The third-order valence-electron chi connectivity index (χ3n) is 6.01. The van der Waals surface area contributed by atoms with Gasteiger partial charge < -0.3 is 4.90 Å². The summed E-state index contributed by atoms with van der Waals surface area (Å²) in [5.74, 6) is 0. The summed E-state index contributed by atoms with van der Waals surface area (Å²) in [5, 5.41) is 16.2. The Kier molecular flexibility index (Phi) is 6.75. The summed E-state index contributed by atoms with van der Waals surface area (Å²) in [6, 6.07) is 17.7. The summed E-state index contributed by atoms with van der Waals surface area (Å²) in [6.07, 6.45) is 3.36. The molecule has 0 atom stereocenters. The topological polar surface area (TPSA) is 117 Å². The maximum atomic E-state index is 12.7. The molecule has 0 spiro atoms. The Hall–Kier alpha value is -3.89. The van der Waals surface area contributed by atoms with Gasteiger partial charge in [-0.1, -0.05) is 43.6 Å². The van der Waals surface area contributed by atoms with Gasteiger partial charge in [-0.2, -0.15) is 5.10 Å². The van der Waals surface area contributed by atoms with Crippen LogP contribution >= 0.6 is 11.6 Å². The molecule has 0 radical (unpaired) electrons. The molecule has 1 aliphatic rings. The molecule has 36 heavy (non-hydrogen) atoms. The van der Waals surface area contributed by atoms with E-state index in [9.17, 15) is 18.5 Å². The summed E-state index contributed by atoms with van der Waals surface area (Å²) in [5.41, 5.74) is 5.64. The van der Waals surface area contributed by atoms with Gasteiger partial charge in [0, 0.05) is 46.8 Å². The first-order valence-corrected chi connectivity index (χ1v) is 12.8. The lowest BCUT2D eigenvalue weighted by molar-refractivity contribution is -0.384. The molecule has 1 heterocycles. The smallest absolute Gasteiger partial charge is 0.295 e. The molecule has 9 nitrogen and oxygen atoms in total. The molecule has 1 aliphatic heterocycles. The molecule has 11 heteroatoms. The predicted octanol–water partition coefficient (Wildman–Crippen LogP) is 5.76. The average molecular weight is 526 g/mol. The fourth-order valence-corrected chi connectivity index (χ4v) is 5.38. The van der Waals surface area contributed by atoms with Gasteiger partial charge in [0.1, 0.15) is 5.69 Å². The molecule has 3 aromatic carbocycles. The Labute approximate surface area is 214 Å². The van der Waals surface area contributed by atoms with Crippen LogP contribution in [0, 0.1) is 10.1 Å². The lowest BCUT2D eigenvalue weighted by Gasteiger charge is -2.23. The number of nitro benzene ring substituents is 1. The largest absolute Gasteiger partial charge is 0.347 e. The molecule has 0 aliphatic carbocycles. The lowest BCUT2D eigenvalue weighted by atomic mass is 9.84. The predicted molar refractivity (Wildman–Crippen MR) is 143 cm³/mol. The number of nitrogens with one attached hydrogen (secondary N) is 2. The normalized spacial score (nSPS) is 15.8. The number of benzene rings is 3. The second-order valence-electron chi connectivity index (χ2n) is 8.69. The summed E-state index contributed by atoms with van der Waals surface area (Å²) in [7, 11) is -2.08. The summed E-state index contributed by atoms with van der Waals surface area (Å²) in [4.78, 5) is 12.8. The molecule has 186 valence electrons. The van der Waals surface area contributed by atoms with Gasteiger partial charge in [0.25, 0.3) is 15.7 Å². The minimum atomic E-state index is -4.06. The number of para-hydroxylation sites is 1. The molecule has 2 N–H and O–H groups in total. The molecule has 0 saturated carbocycles. The van der Waals surface area contributed by atoms with Crippen molar-refractivity contribution < 1.29 is 13.3 Å². The summed E-state index contributed by atoms with van der Waals surface area (Å²) in [6.45, 7) is 4.23. The van der Waals surface area contributed by atoms with E-state index in [1.807, 2.05) is 31.3 Å². The highest BCUT2D eigenvalue weighted by atomic mass is 35.5. The Morgan fingerprint density at radius 1 is 1.08 bits per heavy atom. The number of halogens is 1. The molecule has 0 fully saturated rings. The number of hydrogen-bond acceptors (Lipinski definition) is 7. The van der Waals surface area contributed by atoms with Crippen LogP contribution in [-0.4, -0.2) is 26.6 Å². The highest BCUT2D eigenvalue weighted by Gasteiger charge is 2.37. The maximum absolute atomic E-state index is 12.7. The quantitative estimate of drug-likeness (QED) is 0.230. The van der Waals surface area contributed by atoms with Crippen molar-refractivity contribution in [2.75, 3.05) is 22.1 Å². The highest BCUT2D eigenvalue weighted by Crippen LogP contribution is 2.46. The van der Waals surface area contributed by atoms with Gasteiger partial charge in [-0.25, -0.2) is 8.42 Å². The van der Waals surface area contributed by atoms with Crippen molar-refractivity contribution >= 4 is 50.6 Å². The van der Waals surface area contributed by atoms with Gasteiger partial charge in [0.05, 0.1) is 9.82 Å². The molecule has 3 aromatic rings. The lowest BCUT2D eigenvalue weighted by Crippen LogP contribution is -2.23. The molecular weight excluding hydrogens is 502 g/mol. The first-order valence-electron chi connectivity index (χ1n) is 10.9. The number of hydrazone groups is 1. The average Bonchev–Trinajstić information content (AvgIpc) is 3.03. The van der Waals surface area contributed by atoms with Crippen molar-refractivity contribution in [3.8, 4) is 0 Å². The van der Waals surface area contributed by atoms with E-state index in [0.29, 0.717) is 5.02 Å². The van der Waals surface area contributed by atoms with Crippen LogP contribution in [0.5, 0.6) is 0 Å². The monoisotopic (exact) mass is 525 g/mol. The number of nitro groups is 1. The van der Waals surface area contributed by atoms with E-state index in [2.05, 4.69) is 40.1 Å².